The van der Waals surface area contributed by atoms with Gasteiger partial charge in [-0.2, -0.15) is 0 Å². The van der Waals surface area contributed by atoms with Crippen LogP contribution >= 0.6 is 0 Å². The number of aryl methyl sites for hydroxylation is 2. The summed E-state index contributed by atoms with van der Waals surface area (Å²) in [6.45, 7) is 8.02. The molecule has 0 aromatic heterocycles. The first-order valence-electron chi connectivity index (χ1n) is 13.8. The van der Waals surface area contributed by atoms with E-state index in [1.54, 1.807) is 4.90 Å². The number of likely N-dealkylation sites (tertiary alicyclic amines) is 1. The lowest BCUT2D eigenvalue weighted by atomic mass is 9.73. The standard InChI is InChI=1S/C30H38N2O6/c1-5-21(18-33)32-25-27(35)31(22-17-19(3)11-12-20(22)4)15-10-14-30(25)23(26(32)34)24-28(36)37-16-9-7-8-13-29(24,6-2)38-30/h8,10-14,17,21,23-25,33H,5-7,9,15-16,18H2,1-4H3/b13-8-/t21-,23-,24+,25?,29-,30-/m0/s1. The lowest BCUT2D eigenvalue weighted by Gasteiger charge is -2.40. The quantitative estimate of drug-likeness (QED) is 0.471. The number of aliphatic hydroxyl groups is 1. The highest BCUT2D eigenvalue weighted by Gasteiger charge is 2.75. The second-order valence-corrected chi connectivity index (χ2v) is 11.0. The molecule has 6 atom stereocenters. The first-order valence-corrected chi connectivity index (χ1v) is 13.8. The normalized spacial score (nSPS) is 34.4. The molecule has 2 amide bonds. The van der Waals surface area contributed by atoms with Gasteiger partial charge in [0.1, 0.15) is 23.2 Å². The lowest BCUT2D eigenvalue weighted by molar-refractivity contribution is -0.161. The molecule has 4 aliphatic rings. The van der Waals surface area contributed by atoms with Gasteiger partial charge in [0.15, 0.2) is 0 Å². The van der Waals surface area contributed by atoms with Crippen molar-refractivity contribution in [1.82, 2.24) is 4.90 Å². The van der Waals surface area contributed by atoms with E-state index < -0.39 is 41.1 Å². The number of nitrogens with zero attached hydrogens (tertiary/aromatic N) is 2. The molecule has 0 saturated carbocycles. The fraction of sp³-hybridized carbons (Fsp3) is 0.567. The van der Waals surface area contributed by atoms with Gasteiger partial charge >= 0.3 is 5.97 Å². The maximum atomic E-state index is 14.6. The molecular weight excluding hydrogens is 484 g/mol. The van der Waals surface area contributed by atoms with Crippen LogP contribution in [-0.4, -0.2) is 70.8 Å². The van der Waals surface area contributed by atoms with Crippen LogP contribution in [0.4, 0.5) is 5.69 Å². The molecule has 2 saturated heterocycles. The van der Waals surface area contributed by atoms with Crippen molar-refractivity contribution in [3.8, 4) is 0 Å². The van der Waals surface area contributed by atoms with Gasteiger partial charge in [-0.3, -0.25) is 14.4 Å². The fourth-order valence-corrected chi connectivity index (χ4v) is 6.85. The van der Waals surface area contributed by atoms with Gasteiger partial charge in [-0.15, -0.1) is 0 Å². The molecule has 0 radical (unpaired) electrons. The summed E-state index contributed by atoms with van der Waals surface area (Å²) >= 11 is 0. The number of fused-ring (bicyclic) bond motifs is 2. The molecule has 1 aromatic carbocycles. The van der Waals surface area contributed by atoms with Crippen molar-refractivity contribution in [3.05, 3.63) is 53.6 Å². The number of anilines is 1. The second kappa shape index (κ2) is 9.97. The molecule has 1 N–H and O–H groups in total. The number of amides is 2. The van der Waals surface area contributed by atoms with Gasteiger partial charge in [0, 0.05) is 12.2 Å². The van der Waals surface area contributed by atoms with Crippen molar-refractivity contribution in [1.29, 1.82) is 0 Å². The van der Waals surface area contributed by atoms with Crippen molar-refractivity contribution in [2.75, 3.05) is 24.7 Å². The van der Waals surface area contributed by atoms with E-state index in [-0.39, 0.29) is 25.0 Å². The number of aliphatic hydroxyl groups excluding tert-OH is 1. The first kappa shape index (κ1) is 26.6. The van der Waals surface area contributed by atoms with Gasteiger partial charge in [-0.05, 0) is 56.7 Å². The predicted molar refractivity (Wildman–Crippen MR) is 142 cm³/mol. The number of esters is 1. The van der Waals surface area contributed by atoms with Gasteiger partial charge in [0.25, 0.3) is 5.91 Å². The van der Waals surface area contributed by atoms with E-state index in [2.05, 4.69) is 0 Å². The van der Waals surface area contributed by atoms with Crippen LogP contribution in [-0.2, 0) is 23.9 Å². The Hall–Kier alpha value is -2.97. The van der Waals surface area contributed by atoms with E-state index in [1.165, 1.54) is 4.90 Å². The Labute approximate surface area is 224 Å². The van der Waals surface area contributed by atoms with Crippen LogP contribution in [0.25, 0.3) is 0 Å². The fourth-order valence-electron chi connectivity index (χ4n) is 6.85. The molecule has 0 aliphatic carbocycles. The third-order valence-electron chi connectivity index (χ3n) is 8.80. The predicted octanol–water partition coefficient (Wildman–Crippen LogP) is 3.23. The molecule has 0 bridgehead atoms. The van der Waals surface area contributed by atoms with Crippen LogP contribution in [0, 0.1) is 25.7 Å². The summed E-state index contributed by atoms with van der Waals surface area (Å²) < 4.78 is 12.6. The maximum Gasteiger partial charge on any atom is 0.313 e. The molecule has 2 fully saturated rings. The maximum absolute atomic E-state index is 14.6. The number of hydrogen-bond acceptors (Lipinski definition) is 6. The number of benzene rings is 1. The number of carbonyl (C=O) groups is 3. The highest BCUT2D eigenvalue weighted by molar-refractivity contribution is 6.06. The molecule has 1 aromatic rings. The first-order chi connectivity index (χ1) is 18.2. The van der Waals surface area contributed by atoms with Gasteiger partial charge in [-0.1, -0.05) is 50.3 Å². The molecule has 38 heavy (non-hydrogen) atoms. The molecule has 4 aliphatic heterocycles. The second-order valence-electron chi connectivity index (χ2n) is 11.0. The Bertz CT molecular complexity index is 1190. The topological polar surface area (TPSA) is 96.4 Å². The minimum absolute atomic E-state index is 0.268. The van der Waals surface area contributed by atoms with E-state index in [0.29, 0.717) is 25.8 Å². The van der Waals surface area contributed by atoms with E-state index >= 15 is 0 Å². The van der Waals surface area contributed by atoms with Crippen molar-refractivity contribution in [3.63, 3.8) is 0 Å². The minimum Gasteiger partial charge on any atom is -0.465 e. The van der Waals surface area contributed by atoms with Gasteiger partial charge in [0.2, 0.25) is 5.91 Å². The summed E-state index contributed by atoms with van der Waals surface area (Å²) in [6, 6.07) is 4.33. The van der Waals surface area contributed by atoms with E-state index in [9.17, 15) is 19.5 Å². The van der Waals surface area contributed by atoms with Crippen LogP contribution < -0.4 is 4.90 Å². The number of ether oxygens (including phenoxy) is 2. The SMILES string of the molecule is CC[C@@H](CO)N1C(=O)[C@@H]2[C@@H]3C(=O)OCCC/C=C\[C@]3(CC)O[C@@]23C=CCN(c2cc(C)ccc2C)C(=O)C13. The molecule has 8 heteroatoms. The zero-order valence-corrected chi connectivity index (χ0v) is 22.7. The van der Waals surface area contributed by atoms with Gasteiger partial charge in [-0.25, -0.2) is 0 Å². The number of allylic oxidation sites excluding steroid dienone is 1. The van der Waals surface area contributed by atoms with Gasteiger partial charge in [0.05, 0.1) is 25.2 Å². The van der Waals surface area contributed by atoms with E-state index in [4.69, 9.17) is 9.47 Å². The van der Waals surface area contributed by atoms with Crippen LogP contribution in [0.2, 0.25) is 0 Å². The number of rotatable bonds is 5. The summed E-state index contributed by atoms with van der Waals surface area (Å²) in [5, 5.41) is 10.3. The monoisotopic (exact) mass is 522 g/mol. The van der Waals surface area contributed by atoms with E-state index in [0.717, 1.165) is 23.2 Å². The van der Waals surface area contributed by atoms with Crippen molar-refractivity contribution >= 4 is 23.5 Å². The highest BCUT2D eigenvalue weighted by Crippen LogP contribution is 2.58. The molecule has 204 valence electrons. The smallest absolute Gasteiger partial charge is 0.313 e. The Balaban J connectivity index is 1.71. The summed E-state index contributed by atoms with van der Waals surface area (Å²) in [4.78, 5) is 45.8. The average Bonchev–Trinajstić information content (AvgIpc) is 3.28. The van der Waals surface area contributed by atoms with Crippen LogP contribution in [0.5, 0.6) is 0 Å². The highest BCUT2D eigenvalue weighted by atomic mass is 16.6. The Morgan fingerprint density at radius 1 is 1.08 bits per heavy atom. The van der Waals surface area contributed by atoms with Crippen molar-refractivity contribution in [2.24, 2.45) is 11.8 Å². The van der Waals surface area contributed by atoms with Crippen molar-refractivity contribution in [2.45, 2.75) is 76.7 Å². The van der Waals surface area contributed by atoms with Crippen molar-refractivity contribution < 1.29 is 29.0 Å². The Morgan fingerprint density at radius 3 is 2.58 bits per heavy atom. The average molecular weight is 523 g/mol. The minimum atomic E-state index is -1.37. The molecule has 5 rings (SSSR count). The van der Waals surface area contributed by atoms with Crippen LogP contribution in [0.15, 0.2) is 42.5 Å². The van der Waals surface area contributed by atoms with Crippen LogP contribution in [0.3, 0.4) is 0 Å². The zero-order chi connectivity index (χ0) is 27.2. The Kier molecular flexibility index (Phi) is 6.99. The third kappa shape index (κ3) is 3.83. The molecule has 4 heterocycles. The lowest BCUT2D eigenvalue weighted by Crippen LogP contribution is -2.59. The number of cyclic esters (lactones) is 1. The molecule has 1 unspecified atom stereocenters. The Morgan fingerprint density at radius 2 is 1.87 bits per heavy atom. The van der Waals surface area contributed by atoms with E-state index in [1.807, 2.05) is 70.2 Å². The summed E-state index contributed by atoms with van der Waals surface area (Å²) in [6.07, 6.45) is 9.96. The molecular formula is C30H38N2O6. The summed E-state index contributed by atoms with van der Waals surface area (Å²) in [5.74, 6) is -2.93. The summed E-state index contributed by atoms with van der Waals surface area (Å²) in [7, 11) is 0. The van der Waals surface area contributed by atoms with Crippen LogP contribution in [0.1, 0.15) is 50.7 Å². The molecule has 8 nitrogen and oxygen atoms in total. The molecule has 1 spiro atoms. The number of carbonyl (C=O) groups excluding carboxylic acids is 3. The van der Waals surface area contributed by atoms with Gasteiger partial charge < -0.3 is 24.4 Å². The zero-order valence-electron chi connectivity index (χ0n) is 22.7. The number of hydrogen-bond donors (Lipinski definition) is 1. The summed E-state index contributed by atoms with van der Waals surface area (Å²) in [5.41, 5.74) is 0.287. The largest absolute Gasteiger partial charge is 0.465 e. The third-order valence-corrected chi connectivity index (χ3v) is 8.80.